The van der Waals surface area contributed by atoms with Gasteiger partial charge in [0.05, 0.1) is 6.33 Å². The number of amides is 1. The minimum atomic E-state index is -0.0258. The van der Waals surface area contributed by atoms with Crippen LogP contribution in [0.3, 0.4) is 0 Å². The van der Waals surface area contributed by atoms with Crippen LogP contribution in [0.25, 0.3) is 0 Å². The summed E-state index contributed by atoms with van der Waals surface area (Å²) in [5.41, 5.74) is 1.18. The van der Waals surface area contributed by atoms with Gasteiger partial charge in [0.15, 0.2) is 0 Å². The number of nitrogens with zero attached hydrogens (tertiary/aromatic N) is 3. The molecule has 0 aromatic carbocycles. The fourth-order valence-corrected chi connectivity index (χ4v) is 2.48. The molecule has 2 aromatic rings. The van der Waals surface area contributed by atoms with Crippen molar-refractivity contribution in [2.24, 2.45) is 7.05 Å². The molecule has 1 N–H and O–H groups in total. The van der Waals surface area contributed by atoms with E-state index in [0.29, 0.717) is 10.8 Å². The third kappa shape index (κ3) is 1.95. The van der Waals surface area contributed by atoms with E-state index in [9.17, 15) is 4.79 Å². The highest BCUT2D eigenvalue weighted by atomic mass is 32.1. The van der Waals surface area contributed by atoms with E-state index in [4.69, 9.17) is 0 Å². The van der Waals surface area contributed by atoms with Crippen molar-refractivity contribution in [3.63, 3.8) is 0 Å². The second-order valence-corrected chi connectivity index (χ2v) is 5.06. The SMILES string of the molecule is Cn1cncc1[C@@H]1C[C@H]1NC(=O)c1ccns1. The standard InChI is InChI=1S/C11H12N4OS/c1-15-6-12-5-9(15)7-4-8(7)14-11(16)10-2-3-13-17-10/h2-3,5-8H,4H2,1H3,(H,14,16)/t7-,8-/m1/s1. The van der Waals surface area contributed by atoms with Gasteiger partial charge in [0.2, 0.25) is 0 Å². The van der Waals surface area contributed by atoms with Gasteiger partial charge in [0.25, 0.3) is 5.91 Å². The van der Waals surface area contributed by atoms with Crippen molar-refractivity contribution in [3.05, 3.63) is 35.4 Å². The summed E-state index contributed by atoms with van der Waals surface area (Å²) in [6, 6.07) is 1.97. The molecule has 1 aliphatic rings. The number of hydrogen-bond acceptors (Lipinski definition) is 4. The Morgan fingerprint density at radius 1 is 1.65 bits per heavy atom. The van der Waals surface area contributed by atoms with Gasteiger partial charge in [-0.15, -0.1) is 0 Å². The predicted molar refractivity (Wildman–Crippen MR) is 63.9 cm³/mol. The largest absolute Gasteiger partial charge is 0.348 e. The molecular weight excluding hydrogens is 236 g/mol. The van der Waals surface area contributed by atoms with E-state index >= 15 is 0 Å². The van der Waals surface area contributed by atoms with Crippen LogP contribution in [0, 0.1) is 0 Å². The molecule has 0 spiro atoms. The van der Waals surface area contributed by atoms with E-state index in [1.54, 1.807) is 18.6 Å². The van der Waals surface area contributed by atoms with Crippen molar-refractivity contribution in [3.8, 4) is 0 Å². The molecule has 1 saturated carbocycles. The van der Waals surface area contributed by atoms with Gasteiger partial charge >= 0.3 is 0 Å². The first-order valence-corrected chi connectivity index (χ1v) is 6.21. The Bertz CT molecular complexity index is 533. The van der Waals surface area contributed by atoms with Crippen LogP contribution >= 0.6 is 11.5 Å². The van der Waals surface area contributed by atoms with Crippen molar-refractivity contribution in [1.29, 1.82) is 0 Å². The fraction of sp³-hybridized carbons (Fsp3) is 0.364. The van der Waals surface area contributed by atoms with E-state index in [0.717, 1.165) is 6.42 Å². The molecule has 1 aliphatic carbocycles. The number of rotatable bonds is 3. The zero-order valence-electron chi connectivity index (χ0n) is 9.33. The average molecular weight is 248 g/mol. The van der Waals surface area contributed by atoms with Crippen LogP contribution in [0.4, 0.5) is 0 Å². The maximum absolute atomic E-state index is 11.8. The third-order valence-electron chi connectivity index (χ3n) is 3.00. The quantitative estimate of drug-likeness (QED) is 0.886. The van der Waals surface area contributed by atoms with Crippen molar-refractivity contribution < 1.29 is 4.79 Å². The molecule has 2 heterocycles. The van der Waals surface area contributed by atoms with Gasteiger partial charge in [-0.25, -0.2) is 9.36 Å². The number of nitrogens with one attached hydrogen (secondary N) is 1. The maximum Gasteiger partial charge on any atom is 0.263 e. The lowest BCUT2D eigenvalue weighted by molar-refractivity contribution is 0.0954. The first-order valence-electron chi connectivity index (χ1n) is 5.43. The molecule has 2 atom stereocenters. The fourth-order valence-electron chi connectivity index (χ4n) is 1.98. The highest BCUT2D eigenvalue weighted by Crippen LogP contribution is 2.40. The van der Waals surface area contributed by atoms with Crippen molar-refractivity contribution in [2.75, 3.05) is 0 Å². The summed E-state index contributed by atoms with van der Waals surface area (Å²) >= 11 is 1.22. The number of hydrogen-bond donors (Lipinski definition) is 1. The molecule has 1 amide bonds. The number of aryl methyl sites for hydroxylation is 1. The van der Waals surface area contributed by atoms with Crippen LogP contribution in [-0.2, 0) is 7.05 Å². The Labute approximate surface area is 103 Å². The molecule has 6 heteroatoms. The van der Waals surface area contributed by atoms with Crippen LogP contribution in [0.5, 0.6) is 0 Å². The zero-order valence-corrected chi connectivity index (χ0v) is 10.1. The van der Waals surface area contributed by atoms with Crippen LogP contribution in [-0.4, -0.2) is 25.9 Å². The van der Waals surface area contributed by atoms with Gasteiger partial charge in [-0.1, -0.05) is 0 Å². The van der Waals surface area contributed by atoms with Crippen LogP contribution in [0.1, 0.15) is 27.7 Å². The zero-order chi connectivity index (χ0) is 11.8. The second-order valence-electron chi connectivity index (χ2n) is 4.23. The normalized spacial score (nSPS) is 22.4. The first kappa shape index (κ1) is 10.5. The van der Waals surface area contributed by atoms with Gasteiger partial charge in [-0.05, 0) is 24.0 Å². The summed E-state index contributed by atoms with van der Waals surface area (Å²) in [4.78, 5) is 16.5. The minimum Gasteiger partial charge on any atom is -0.348 e. The van der Waals surface area contributed by atoms with Crippen molar-refractivity contribution in [1.82, 2.24) is 19.2 Å². The molecule has 0 unspecified atom stereocenters. The van der Waals surface area contributed by atoms with E-state index in [1.165, 1.54) is 17.2 Å². The molecule has 5 nitrogen and oxygen atoms in total. The second kappa shape index (κ2) is 3.96. The topological polar surface area (TPSA) is 59.8 Å². The molecule has 0 aliphatic heterocycles. The molecule has 0 saturated heterocycles. The Kier molecular flexibility index (Phi) is 2.44. The molecule has 0 bridgehead atoms. The van der Waals surface area contributed by atoms with Gasteiger partial charge < -0.3 is 9.88 Å². The Morgan fingerprint density at radius 2 is 2.53 bits per heavy atom. The summed E-state index contributed by atoms with van der Waals surface area (Å²) < 4.78 is 5.92. The van der Waals surface area contributed by atoms with E-state index in [-0.39, 0.29) is 11.9 Å². The van der Waals surface area contributed by atoms with Gasteiger partial charge in [-0.2, -0.15) is 0 Å². The lowest BCUT2D eigenvalue weighted by Crippen LogP contribution is -2.25. The summed E-state index contributed by atoms with van der Waals surface area (Å²) in [6.07, 6.45) is 6.29. The summed E-state index contributed by atoms with van der Waals surface area (Å²) in [6.45, 7) is 0. The lowest BCUT2D eigenvalue weighted by atomic mass is 10.3. The smallest absolute Gasteiger partial charge is 0.263 e. The molecule has 1 fully saturated rings. The molecular formula is C11H12N4OS. The lowest BCUT2D eigenvalue weighted by Gasteiger charge is -2.03. The monoisotopic (exact) mass is 248 g/mol. The molecule has 0 radical (unpaired) electrons. The first-order chi connectivity index (χ1) is 8.25. The highest BCUT2D eigenvalue weighted by molar-refractivity contribution is 7.08. The minimum absolute atomic E-state index is 0.0258. The van der Waals surface area contributed by atoms with Gasteiger partial charge in [-0.3, -0.25) is 4.79 Å². The number of aromatic nitrogens is 3. The Morgan fingerprint density at radius 3 is 3.18 bits per heavy atom. The summed E-state index contributed by atoms with van der Waals surface area (Å²) in [5, 5.41) is 3.01. The molecule has 3 rings (SSSR count). The summed E-state index contributed by atoms with van der Waals surface area (Å²) in [5.74, 6) is 0.376. The maximum atomic E-state index is 11.8. The van der Waals surface area contributed by atoms with Crippen molar-refractivity contribution >= 4 is 17.4 Å². The number of imidazole rings is 1. The number of carbonyl (C=O) groups excluding carboxylic acids is 1. The number of carbonyl (C=O) groups is 1. The van der Waals surface area contributed by atoms with Crippen LogP contribution in [0.2, 0.25) is 0 Å². The molecule has 2 aromatic heterocycles. The summed E-state index contributed by atoms with van der Waals surface area (Å²) in [7, 11) is 1.97. The third-order valence-corrected chi connectivity index (χ3v) is 3.75. The van der Waals surface area contributed by atoms with Crippen LogP contribution in [0.15, 0.2) is 24.8 Å². The van der Waals surface area contributed by atoms with Gasteiger partial charge in [0.1, 0.15) is 4.88 Å². The average Bonchev–Trinajstić information content (AvgIpc) is 2.77. The molecule has 88 valence electrons. The predicted octanol–water partition coefficient (Wildman–Crippen LogP) is 1.16. The highest BCUT2D eigenvalue weighted by Gasteiger charge is 2.41. The Balaban J connectivity index is 1.63. The van der Waals surface area contributed by atoms with Gasteiger partial charge in [0, 0.05) is 37.1 Å². The Hall–Kier alpha value is -1.69. The van der Waals surface area contributed by atoms with E-state index in [2.05, 4.69) is 14.7 Å². The van der Waals surface area contributed by atoms with E-state index < -0.39 is 0 Å². The van der Waals surface area contributed by atoms with E-state index in [1.807, 2.05) is 17.8 Å². The van der Waals surface area contributed by atoms with Crippen LogP contribution < -0.4 is 5.32 Å². The van der Waals surface area contributed by atoms with Crippen molar-refractivity contribution in [2.45, 2.75) is 18.4 Å². The molecule has 17 heavy (non-hydrogen) atoms.